The van der Waals surface area contributed by atoms with Crippen LogP contribution in [0.4, 0.5) is 4.39 Å². The van der Waals surface area contributed by atoms with Gasteiger partial charge in [-0.3, -0.25) is 0 Å². The third kappa shape index (κ3) is 3.82. The molecule has 1 N–H and O–H groups in total. The van der Waals surface area contributed by atoms with Gasteiger partial charge in [0, 0.05) is 6.04 Å². The molecule has 0 radical (unpaired) electrons. The van der Waals surface area contributed by atoms with Crippen molar-refractivity contribution in [1.82, 2.24) is 5.32 Å². The number of nitrogens with one attached hydrogen (secondary N) is 1. The van der Waals surface area contributed by atoms with Crippen LogP contribution in [0, 0.1) is 23.6 Å². The van der Waals surface area contributed by atoms with Crippen molar-refractivity contribution in [3.63, 3.8) is 0 Å². The maximum absolute atomic E-state index is 13.3. The van der Waals surface area contributed by atoms with Crippen molar-refractivity contribution in [2.75, 3.05) is 6.54 Å². The Balaban J connectivity index is 1.62. The second kappa shape index (κ2) is 6.26. The van der Waals surface area contributed by atoms with E-state index in [1.165, 1.54) is 37.7 Å². The van der Waals surface area contributed by atoms with E-state index in [4.69, 9.17) is 0 Å². The Hall–Kier alpha value is -0.890. The van der Waals surface area contributed by atoms with Crippen molar-refractivity contribution in [2.45, 2.75) is 51.5 Å². The minimum atomic E-state index is -0.0981. The lowest BCUT2D eigenvalue weighted by Crippen LogP contribution is -2.34. The first-order valence-electron chi connectivity index (χ1n) is 8.18. The molecule has 0 bridgehead atoms. The molecule has 2 aliphatic rings. The Labute approximate surface area is 122 Å². The minimum Gasteiger partial charge on any atom is -0.314 e. The molecule has 2 heteroatoms. The van der Waals surface area contributed by atoms with Crippen molar-refractivity contribution in [3.8, 4) is 0 Å². The first kappa shape index (κ1) is 14.1. The van der Waals surface area contributed by atoms with Gasteiger partial charge in [0.2, 0.25) is 0 Å². The molecule has 2 saturated carbocycles. The third-order valence-corrected chi connectivity index (χ3v) is 5.04. The van der Waals surface area contributed by atoms with Crippen molar-refractivity contribution in [3.05, 3.63) is 35.6 Å². The van der Waals surface area contributed by atoms with E-state index in [1.54, 1.807) is 12.1 Å². The first-order chi connectivity index (χ1) is 9.70. The molecule has 0 heterocycles. The van der Waals surface area contributed by atoms with Gasteiger partial charge in [0.1, 0.15) is 5.82 Å². The fraction of sp³-hybridized carbons (Fsp3) is 0.667. The van der Waals surface area contributed by atoms with E-state index in [0.29, 0.717) is 5.92 Å². The highest BCUT2D eigenvalue weighted by atomic mass is 19.1. The second-order valence-corrected chi connectivity index (χ2v) is 6.95. The molecule has 0 amide bonds. The summed E-state index contributed by atoms with van der Waals surface area (Å²) in [5.41, 5.74) is 1.17. The molecule has 1 aromatic rings. The van der Waals surface area contributed by atoms with E-state index in [1.807, 2.05) is 6.07 Å². The number of hydrogen-bond donors (Lipinski definition) is 1. The van der Waals surface area contributed by atoms with Crippen LogP contribution in [0.15, 0.2) is 24.3 Å². The van der Waals surface area contributed by atoms with Crippen LogP contribution >= 0.6 is 0 Å². The van der Waals surface area contributed by atoms with E-state index in [0.717, 1.165) is 30.8 Å². The normalized spacial score (nSPS) is 30.4. The number of rotatable bonds is 5. The summed E-state index contributed by atoms with van der Waals surface area (Å²) in [4.78, 5) is 0. The van der Waals surface area contributed by atoms with Gasteiger partial charge in [0.15, 0.2) is 0 Å². The largest absolute Gasteiger partial charge is 0.314 e. The molecule has 0 saturated heterocycles. The molecular formula is C18H26FN. The first-order valence-corrected chi connectivity index (χ1v) is 8.18. The molecule has 3 unspecified atom stereocenters. The van der Waals surface area contributed by atoms with Crippen molar-refractivity contribution in [1.29, 1.82) is 0 Å². The van der Waals surface area contributed by atoms with Crippen LogP contribution in [0.5, 0.6) is 0 Å². The molecule has 2 fully saturated rings. The lowest BCUT2D eigenvalue weighted by atomic mass is 9.72. The highest BCUT2D eigenvalue weighted by Crippen LogP contribution is 2.36. The van der Waals surface area contributed by atoms with Gasteiger partial charge < -0.3 is 5.32 Å². The molecule has 1 nitrogen and oxygen atoms in total. The lowest BCUT2D eigenvalue weighted by molar-refractivity contribution is 0.183. The van der Waals surface area contributed by atoms with E-state index >= 15 is 0 Å². The minimum absolute atomic E-state index is 0.0981. The molecule has 20 heavy (non-hydrogen) atoms. The van der Waals surface area contributed by atoms with E-state index < -0.39 is 0 Å². The average Bonchev–Trinajstić information content (AvgIpc) is 3.22. The number of benzene rings is 1. The Bertz CT molecular complexity index is 441. The van der Waals surface area contributed by atoms with Gasteiger partial charge >= 0.3 is 0 Å². The fourth-order valence-corrected chi connectivity index (χ4v) is 3.65. The van der Waals surface area contributed by atoms with Crippen molar-refractivity contribution >= 4 is 0 Å². The predicted octanol–water partition coefficient (Wildman–Crippen LogP) is 4.17. The van der Waals surface area contributed by atoms with Gasteiger partial charge in [0.05, 0.1) is 0 Å². The quantitative estimate of drug-likeness (QED) is 0.850. The Morgan fingerprint density at radius 2 is 2.00 bits per heavy atom. The number of halogens is 1. The summed E-state index contributed by atoms with van der Waals surface area (Å²) < 4.78 is 13.3. The van der Waals surface area contributed by atoms with Crippen LogP contribution in [0.25, 0.3) is 0 Å². The SMILES string of the molecule is CC1CCC(CNC2CC2)C(Cc2cccc(F)c2)C1. The van der Waals surface area contributed by atoms with Crippen molar-refractivity contribution < 1.29 is 4.39 Å². The van der Waals surface area contributed by atoms with Crippen LogP contribution in [0.1, 0.15) is 44.6 Å². The van der Waals surface area contributed by atoms with Crippen LogP contribution in [-0.2, 0) is 6.42 Å². The molecule has 110 valence electrons. The lowest BCUT2D eigenvalue weighted by Gasteiger charge is -2.35. The third-order valence-electron chi connectivity index (χ3n) is 5.04. The van der Waals surface area contributed by atoms with Crippen LogP contribution in [0.2, 0.25) is 0 Å². The highest BCUT2D eigenvalue weighted by Gasteiger charge is 2.30. The molecule has 2 aliphatic carbocycles. The van der Waals surface area contributed by atoms with Crippen molar-refractivity contribution in [2.24, 2.45) is 17.8 Å². The Kier molecular flexibility index (Phi) is 4.40. The molecular weight excluding hydrogens is 249 g/mol. The van der Waals surface area contributed by atoms with Gasteiger partial charge in [-0.25, -0.2) is 4.39 Å². The Morgan fingerprint density at radius 1 is 1.15 bits per heavy atom. The Morgan fingerprint density at radius 3 is 2.75 bits per heavy atom. The summed E-state index contributed by atoms with van der Waals surface area (Å²) in [5, 5.41) is 3.69. The summed E-state index contributed by atoms with van der Waals surface area (Å²) in [7, 11) is 0. The predicted molar refractivity (Wildman–Crippen MR) is 81.1 cm³/mol. The van der Waals surface area contributed by atoms with Gasteiger partial charge in [-0.2, -0.15) is 0 Å². The molecule has 3 atom stereocenters. The maximum atomic E-state index is 13.3. The monoisotopic (exact) mass is 275 g/mol. The zero-order valence-corrected chi connectivity index (χ0v) is 12.4. The van der Waals surface area contributed by atoms with Gasteiger partial charge in [0.25, 0.3) is 0 Å². The fourth-order valence-electron chi connectivity index (χ4n) is 3.65. The second-order valence-electron chi connectivity index (χ2n) is 6.95. The summed E-state index contributed by atoms with van der Waals surface area (Å²) >= 11 is 0. The summed E-state index contributed by atoms with van der Waals surface area (Å²) in [5.74, 6) is 2.21. The molecule has 1 aromatic carbocycles. The van der Waals surface area contributed by atoms with Crippen LogP contribution < -0.4 is 5.32 Å². The maximum Gasteiger partial charge on any atom is 0.123 e. The van der Waals surface area contributed by atoms with Crippen LogP contribution in [0.3, 0.4) is 0 Å². The van der Waals surface area contributed by atoms with E-state index in [9.17, 15) is 4.39 Å². The van der Waals surface area contributed by atoms with E-state index in [2.05, 4.69) is 18.3 Å². The average molecular weight is 275 g/mol. The summed E-state index contributed by atoms with van der Waals surface area (Å²) in [6, 6.07) is 7.97. The number of hydrogen-bond acceptors (Lipinski definition) is 1. The smallest absolute Gasteiger partial charge is 0.123 e. The van der Waals surface area contributed by atoms with Gasteiger partial charge in [-0.15, -0.1) is 0 Å². The molecule has 3 rings (SSSR count). The van der Waals surface area contributed by atoms with E-state index in [-0.39, 0.29) is 5.82 Å². The molecule has 0 spiro atoms. The zero-order chi connectivity index (χ0) is 13.9. The topological polar surface area (TPSA) is 12.0 Å². The zero-order valence-electron chi connectivity index (χ0n) is 12.4. The molecule has 0 aromatic heterocycles. The summed E-state index contributed by atoms with van der Waals surface area (Å²) in [6.45, 7) is 3.53. The molecule has 0 aliphatic heterocycles. The standard InChI is InChI=1S/C18H26FN/c1-13-5-6-15(12-20-18-7-8-18)16(9-13)10-14-3-2-4-17(19)11-14/h2-4,11,13,15-16,18,20H,5-10,12H2,1H3. The van der Waals surface area contributed by atoms with Gasteiger partial charge in [-0.05, 0) is 74.1 Å². The van der Waals surface area contributed by atoms with Gasteiger partial charge in [-0.1, -0.05) is 25.5 Å². The summed E-state index contributed by atoms with van der Waals surface area (Å²) in [6.07, 6.45) is 7.75. The highest BCUT2D eigenvalue weighted by molar-refractivity contribution is 5.17. The van der Waals surface area contributed by atoms with Crippen LogP contribution in [-0.4, -0.2) is 12.6 Å².